The van der Waals surface area contributed by atoms with E-state index >= 15 is 0 Å². The molecule has 0 unspecified atom stereocenters. The van der Waals surface area contributed by atoms with Crippen molar-refractivity contribution in [3.8, 4) is 0 Å². The lowest BCUT2D eigenvalue weighted by Gasteiger charge is -2.32. The van der Waals surface area contributed by atoms with E-state index in [9.17, 15) is 4.79 Å². The summed E-state index contributed by atoms with van der Waals surface area (Å²) in [6, 6.07) is 17.1. The molecule has 4 rings (SSSR count). The van der Waals surface area contributed by atoms with Crippen molar-refractivity contribution in [1.82, 2.24) is 20.0 Å². The molecule has 5 heteroatoms. The Bertz CT molecular complexity index is 904. The molecule has 1 N–H and O–H groups in total. The predicted octanol–water partition coefficient (Wildman–Crippen LogP) is 3.66. The summed E-state index contributed by atoms with van der Waals surface area (Å²) in [5, 5.41) is 9.77. The number of rotatable bonds is 3. The second-order valence-corrected chi connectivity index (χ2v) is 6.93. The lowest BCUT2D eigenvalue weighted by atomic mass is 9.86. The Morgan fingerprint density at radius 2 is 1.88 bits per heavy atom. The van der Waals surface area contributed by atoms with Crippen LogP contribution in [-0.4, -0.2) is 33.8 Å². The summed E-state index contributed by atoms with van der Waals surface area (Å²) in [7, 11) is 1.89. The number of benzene rings is 2. The van der Waals surface area contributed by atoms with Gasteiger partial charge >= 0.3 is 6.03 Å². The predicted molar refractivity (Wildman–Crippen MR) is 103 cm³/mol. The standard InChI is InChI=1S/C21H24N4O/c1-24-18(9-12-23-24)15-22-21(26)25-13-10-17(11-14-25)20-8-4-6-16-5-2-3-7-19(16)20/h2-9,12,17H,10-11,13-15H2,1H3,(H,22,26). The Labute approximate surface area is 153 Å². The molecule has 1 aliphatic rings. The number of hydrogen-bond donors (Lipinski definition) is 1. The number of nitrogens with one attached hydrogen (secondary N) is 1. The molecule has 0 aliphatic carbocycles. The molecule has 0 atom stereocenters. The van der Waals surface area contributed by atoms with Gasteiger partial charge in [-0.2, -0.15) is 5.10 Å². The molecule has 134 valence electrons. The van der Waals surface area contributed by atoms with Crippen molar-refractivity contribution < 1.29 is 4.79 Å². The Hall–Kier alpha value is -2.82. The van der Waals surface area contributed by atoms with Crippen LogP contribution in [0.4, 0.5) is 4.79 Å². The highest BCUT2D eigenvalue weighted by molar-refractivity contribution is 5.86. The normalized spacial score (nSPS) is 15.3. The van der Waals surface area contributed by atoms with Crippen molar-refractivity contribution in [3.63, 3.8) is 0 Å². The third kappa shape index (κ3) is 3.29. The van der Waals surface area contributed by atoms with Crippen LogP contribution in [0.1, 0.15) is 30.0 Å². The lowest BCUT2D eigenvalue weighted by Crippen LogP contribution is -2.44. The molecule has 5 nitrogen and oxygen atoms in total. The van der Waals surface area contributed by atoms with E-state index in [0.717, 1.165) is 31.6 Å². The number of amides is 2. The highest BCUT2D eigenvalue weighted by Gasteiger charge is 2.24. The topological polar surface area (TPSA) is 50.2 Å². The van der Waals surface area contributed by atoms with Crippen LogP contribution < -0.4 is 5.32 Å². The van der Waals surface area contributed by atoms with E-state index in [4.69, 9.17) is 0 Å². The van der Waals surface area contributed by atoms with Gasteiger partial charge in [0.1, 0.15) is 0 Å². The minimum atomic E-state index is 0.0163. The SMILES string of the molecule is Cn1nccc1CNC(=O)N1CCC(c2cccc3ccccc23)CC1. The van der Waals surface area contributed by atoms with Crippen LogP contribution in [0.3, 0.4) is 0 Å². The quantitative estimate of drug-likeness (QED) is 0.785. The molecular weight excluding hydrogens is 324 g/mol. The second kappa shape index (κ2) is 7.20. The number of urea groups is 1. The number of aromatic nitrogens is 2. The smallest absolute Gasteiger partial charge is 0.317 e. The second-order valence-electron chi connectivity index (χ2n) is 6.93. The van der Waals surface area contributed by atoms with E-state index in [1.54, 1.807) is 10.9 Å². The summed E-state index contributed by atoms with van der Waals surface area (Å²) in [5.74, 6) is 0.516. The summed E-state index contributed by atoms with van der Waals surface area (Å²) >= 11 is 0. The number of likely N-dealkylation sites (tertiary alicyclic amines) is 1. The summed E-state index contributed by atoms with van der Waals surface area (Å²) < 4.78 is 1.78. The molecule has 1 aliphatic heterocycles. The average molecular weight is 348 g/mol. The summed E-state index contributed by atoms with van der Waals surface area (Å²) in [4.78, 5) is 14.4. The van der Waals surface area contributed by atoms with E-state index in [1.807, 2.05) is 18.0 Å². The third-order valence-electron chi connectivity index (χ3n) is 5.39. The van der Waals surface area contributed by atoms with Gasteiger partial charge in [-0.3, -0.25) is 4.68 Å². The van der Waals surface area contributed by atoms with Gasteiger partial charge in [0.25, 0.3) is 0 Å². The largest absolute Gasteiger partial charge is 0.332 e. The van der Waals surface area contributed by atoms with Gasteiger partial charge in [-0.05, 0) is 41.2 Å². The molecule has 0 spiro atoms. The molecule has 1 fully saturated rings. The van der Waals surface area contributed by atoms with Crippen LogP contribution in [0, 0.1) is 0 Å². The van der Waals surface area contributed by atoms with Crippen LogP contribution in [0.5, 0.6) is 0 Å². The van der Waals surface area contributed by atoms with Crippen LogP contribution in [0.25, 0.3) is 10.8 Å². The molecule has 0 radical (unpaired) electrons. The summed E-state index contributed by atoms with van der Waals surface area (Å²) in [6.07, 6.45) is 3.76. The van der Waals surface area contributed by atoms with E-state index in [-0.39, 0.29) is 6.03 Å². The number of nitrogens with zero attached hydrogens (tertiary/aromatic N) is 3. The fourth-order valence-electron chi connectivity index (χ4n) is 3.85. The highest BCUT2D eigenvalue weighted by Crippen LogP contribution is 2.33. The number of hydrogen-bond acceptors (Lipinski definition) is 2. The van der Waals surface area contributed by atoms with E-state index in [0.29, 0.717) is 12.5 Å². The van der Waals surface area contributed by atoms with Gasteiger partial charge in [-0.25, -0.2) is 4.79 Å². The number of carbonyl (C=O) groups excluding carboxylic acids is 1. The average Bonchev–Trinajstić information content (AvgIpc) is 3.10. The van der Waals surface area contributed by atoms with Gasteiger partial charge in [0.05, 0.1) is 12.2 Å². The van der Waals surface area contributed by atoms with Crippen molar-refractivity contribution in [2.45, 2.75) is 25.3 Å². The third-order valence-corrected chi connectivity index (χ3v) is 5.39. The molecule has 2 aromatic carbocycles. The molecular formula is C21H24N4O. The van der Waals surface area contributed by atoms with E-state index in [2.05, 4.69) is 52.9 Å². The number of piperidine rings is 1. The molecule has 3 aromatic rings. The molecule has 2 amide bonds. The molecule has 0 bridgehead atoms. The minimum Gasteiger partial charge on any atom is -0.332 e. The van der Waals surface area contributed by atoms with Crippen LogP contribution >= 0.6 is 0 Å². The van der Waals surface area contributed by atoms with Gasteiger partial charge in [-0.15, -0.1) is 0 Å². The van der Waals surface area contributed by atoms with Gasteiger partial charge in [0.2, 0.25) is 0 Å². The first-order valence-corrected chi connectivity index (χ1v) is 9.19. The van der Waals surface area contributed by atoms with E-state index in [1.165, 1.54) is 16.3 Å². The zero-order chi connectivity index (χ0) is 17.9. The monoisotopic (exact) mass is 348 g/mol. The van der Waals surface area contributed by atoms with E-state index < -0.39 is 0 Å². The van der Waals surface area contributed by atoms with Crippen molar-refractivity contribution in [3.05, 3.63) is 66.0 Å². The Balaban J connectivity index is 1.38. The van der Waals surface area contributed by atoms with Gasteiger partial charge < -0.3 is 10.2 Å². The Morgan fingerprint density at radius 3 is 2.65 bits per heavy atom. The summed E-state index contributed by atoms with van der Waals surface area (Å²) in [6.45, 7) is 2.11. The van der Waals surface area contributed by atoms with Crippen molar-refractivity contribution in [1.29, 1.82) is 0 Å². The van der Waals surface area contributed by atoms with Crippen molar-refractivity contribution in [2.24, 2.45) is 7.05 Å². The molecule has 1 saturated heterocycles. The first-order valence-electron chi connectivity index (χ1n) is 9.19. The van der Waals surface area contributed by atoms with Crippen molar-refractivity contribution >= 4 is 16.8 Å². The van der Waals surface area contributed by atoms with Crippen LogP contribution in [0.2, 0.25) is 0 Å². The molecule has 26 heavy (non-hydrogen) atoms. The van der Waals surface area contributed by atoms with Crippen LogP contribution in [0.15, 0.2) is 54.7 Å². The maximum absolute atomic E-state index is 12.4. The Kier molecular flexibility index (Phi) is 4.61. The first kappa shape index (κ1) is 16.6. The van der Waals surface area contributed by atoms with Crippen LogP contribution in [-0.2, 0) is 13.6 Å². The number of carbonyl (C=O) groups is 1. The fourth-order valence-corrected chi connectivity index (χ4v) is 3.85. The molecule has 0 saturated carbocycles. The lowest BCUT2D eigenvalue weighted by molar-refractivity contribution is 0.181. The Morgan fingerprint density at radius 1 is 1.12 bits per heavy atom. The number of aryl methyl sites for hydroxylation is 1. The summed E-state index contributed by atoms with van der Waals surface area (Å²) in [5.41, 5.74) is 2.42. The number of fused-ring (bicyclic) bond motifs is 1. The maximum atomic E-state index is 12.4. The molecule has 1 aromatic heterocycles. The maximum Gasteiger partial charge on any atom is 0.317 e. The van der Waals surface area contributed by atoms with Crippen molar-refractivity contribution in [2.75, 3.05) is 13.1 Å². The highest BCUT2D eigenvalue weighted by atomic mass is 16.2. The first-order chi connectivity index (χ1) is 12.7. The fraction of sp³-hybridized carbons (Fsp3) is 0.333. The van der Waals surface area contributed by atoms with Gasteiger partial charge in [0.15, 0.2) is 0 Å². The minimum absolute atomic E-state index is 0.0163. The van der Waals surface area contributed by atoms with Gasteiger partial charge in [0, 0.05) is 26.3 Å². The molecule has 2 heterocycles. The zero-order valence-corrected chi connectivity index (χ0v) is 15.1. The van der Waals surface area contributed by atoms with Gasteiger partial charge in [-0.1, -0.05) is 42.5 Å². The zero-order valence-electron chi connectivity index (χ0n) is 15.1.